The monoisotopic (exact) mass is 272 g/mol. The lowest BCUT2D eigenvalue weighted by Crippen LogP contribution is -2.53. The molecule has 3 fully saturated rings. The largest absolute Gasteiger partial charge is 0.374 e. The smallest absolute Gasteiger partial charge is 0.0880 e. The fraction of sp³-hybridized carbons (Fsp3) is 0.667. The van der Waals surface area contributed by atoms with Gasteiger partial charge in [0.1, 0.15) is 0 Å². The number of benzene rings is 1. The van der Waals surface area contributed by atoms with Crippen LogP contribution in [0.25, 0.3) is 0 Å². The first-order valence-corrected chi connectivity index (χ1v) is 8.12. The minimum absolute atomic E-state index is 0.130. The van der Waals surface area contributed by atoms with Crippen LogP contribution in [0.1, 0.15) is 49.3 Å². The standard InChI is InChI=1S/C18H24O2/c1-13-5-4-6-14(11-13)17-16-7-2-3-9-18(16)15(12-19-17)8-10-20-18/h4-6,11,15-17H,2-3,7-10,12H2,1H3/t15-,16-,17-,18-/m0/s1. The Morgan fingerprint density at radius 3 is 3.05 bits per heavy atom. The van der Waals surface area contributed by atoms with Crippen molar-refractivity contribution >= 4 is 0 Å². The fourth-order valence-corrected chi connectivity index (χ4v) is 4.78. The molecule has 3 aliphatic rings. The molecule has 0 bridgehead atoms. The molecule has 108 valence electrons. The van der Waals surface area contributed by atoms with Crippen LogP contribution >= 0.6 is 0 Å². The summed E-state index contributed by atoms with van der Waals surface area (Å²) in [7, 11) is 0. The lowest BCUT2D eigenvalue weighted by molar-refractivity contribution is -0.196. The van der Waals surface area contributed by atoms with E-state index in [0.717, 1.165) is 13.2 Å². The number of aryl methyl sites for hydroxylation is 1. The fourth-order valence-electron chi connectivity index (χ4n) is 4.78. The van der Waals surface area contributed by atoms with Crippen LogP contribution in [0, 0.1) is 18.8 Å². The Labute approximate surface area is 121 Å². The first kappa shape index (κ1) is 12.8. The van der Waals surface area contributed by atoms with E-state index >= 15 is 0 Å². The summed E-state index contributed by atoms with van der Waals surface area (Å²) in [5.41, 5.74) is 2.81. The third kappa shape index (κ3) is 1.85. The topological polar surface area (TPSA) is 18.5 Å². The van der Waals surface area contributed by atoms with Crippen LogP contribution in [0.2, 0.25) is 0 Å². The van der Waals surface area contributed by atoms with Crippen molar-refractivity contribution < 1.29 is 9.47 Å². The molecule has 1 spiro atoms. The van der Waals surface area contributed by atoms with Gasteiger partial charge in [0.2, 0.25) is 0 Å². The highest BCUT2D eigenvalue weighted by Crippen LogP contribution is 2.55. The van der Waals surface area contributed by atoms with E-state index in [0.29, 0.717) is 11.8 Å². The van der Waals surface area contributed by atoms with Gasteiger partial charge in [0.05, 0.1) is 18.3 Å². The Morgan fingerprint density at radius 2 is 2.15 bits per heavy atom. The van der Waals surface area contributed by atoms with Crippen molar-refractivity contribution in [3.05, 3.63) is 35.4 Å². The third-order valence-corrected chi connectivity index (χ3v) is 5.70. The molecule has 0 unspecified atom stereocenters. The molecule has 20 heavy (non-hydrogen) atoms. The molecule has 2 nitrogen and oxygen atoms in total. The molecule has 2 heteroatoms. The minimum atomic E-state index is 0.130. The predicted molar refractivity (Wildman–Crippen MR) is 78.6 cm³/mol. The minimum Gasteiger partial charge on any atom is -0.374 e. The molecule has 2 heterocycles. The van der Waals surface area contributed by atoms with Crippen molar-refractivity contribution in [2.45, 2.75) is 50.7 Å². The van der Waals surface area contributed by atoms with Gasteiger partial charge < -0.3 is 9.47 Å². The lowest BCUT2D eigenvalue weighted by Gasteiger charge is -2.51. The predicted octanol–water partition coefficient (Wildman–Crippen LogP) is 4.03. The maximum absolute atomic E-state index is 6.35. The van der Waals surface area contributed by atoms with Gasteiger partial charge in [0.15, 0.2) is 0 Å². The molecule has 1 aliphatic carbocycles. The molecule has 2 saturated heterocycles. The van der Waals surface area contributed by atoms with Crippen molar-refractivity contribution in [3.8, 4) is 0 Å². The van der Waals surface area contributed by atoms with Gasteiger partial charge in [-0.25, -0.2) is 0 Å². The molecule has 2 aliphatic heterocycles. The zero-order valence-electron chi connectivity index (χ0n) is 12.3. The molecule has 1 aromatic rings. The molecule has 1 saturated carbocycles. The van der Waals surface area contributed by atoms with Gasteiger partial charge in [0, 0.05) is 18.4 Å². The maximum Gasteiger partial charge on any atom is 0.0880 e. The van der Waals surface area contributed by atoms with E-state index in [1.807, 2.05) is 0 Å². The van der Waals surface area contributed by atoms with Crippen LogP contribution in [-0.2, 0) is 9.47 Å². The Bertz CT molecular complexity index is 498. The lowest BCUT2D eigenvalue weighted by atomic mass is 9.64. The van der Waals surface area contributed by atoms with Gasteiger partial charge in [-0.2, -0.15) is 0 Å². The van der Waals surface area contributed by atoms with Crippen molar-refractivity contribution in [2.75, 3.05) is 13.2 Å². The SMILES string of the molecule is Cc1cccc([C@@H]2OC[C@@H]3CCO[C@@]34CCCC[C@@H]24)c1. The summed E-state index contributed by atoms with van der Waals surface area (Å²) in [6.07, 6.45) is 6.59. The number of hydrogen-bond donors (Lipinski definition) is 0. The average Bonchev–Trinajstić information content (AvgIpc) is 2.88. The van der Waals surface area contributed by atoms with E-state index in [-0.39, 0.29) is 11.7 Å². The van der Waals surface area contributed by atoms with Gasteiger partial charge in [-0.15, -0.1) is 0 Å². The quantitative estimate of drug-likeness (QED) is 0.768. The van der Waals surface area contributed by atoms with Crippen molar-refractivity contribution in [2.24, 2.45) is 11.8 Å². The average molecular weight is 272 g/mol. The molecule has 0 aromatic heterocycles. The van der Waals surface area contributed by atoms with Crippen molar-refractivity contribution in [3.63, 3.8) is 0 Å². The Balaban J connectivity index is 1.71. The normalized spacial score (nSPS) is 40.1. The molecular formula is C18H24O2. The summed E-state index contributed by atoms with van der Waals surface area (Å²) in [4.78, 5) is 0. The summed E-state index contributed by atoms with van der Waals surface area (Å²) in [6.45, 7) is 3.98. The molecule has 1 aromatic carbocycles. The second-order valence-electron chi connectivity index (χ2n) is 6.81. The van der Waals surface area contributed by atoms with Crippen molar-refractivity contribution in [1.82, 2.24) is 0 Å². The first-order chi connectivity index (χ1) is 9.79. The van der Waals surface area contributed by atoms with Crippen LogP contribution < -0.4 is 0 Å². The molecule has 0 radical (unpaired) electrons. The van der Waals surface area contributed by atoms with E-state index in [4.69, 9.17) is 9.47 Å². The summed E-state index contributed by atoms with van der Waals surface area (Å²) in [5, 5.41) is 0. The summed E-state index contributed by atoms with van der Waals surface area (Å²) in [6, 6.07) is 8.85. The van der Waals surface area contributed by atoms with Crippen LogP contribution in [0.3, 0.4) is 0 Å². The second-order valence-corrected chi connectivity index (χ2v) is 6.81. The summed E-state index contributed by atoms with van der Waals surface area (Å²) < 4.78 is 12.7. The highest BCUT2D eigenvalue weighted by Gasteiger charge is 2.56. The summed E-state index contributed by atoms with van der Waals surface area (Å²) >= 11 is 0. The Kier molecular flexibility index (Phi) is 3.12. The highest BCUT2D eigenvalue weighted by atomic mass is 16.5. The van der Waals surface area contributed by atoms with E-state index in [1.165, 1.54) is 43.2 Å². The first-order valence-electron chi connectivity index (χ1n) is 8.12. The van der Waals surface area contributed by atoms with Crippen LogP contribution in [0.15, 0.2) is 24.3 Å². The highest BCUT2D eigenvalue weighted by molar-refractivity contribution is 5.26. The number of ether oxygens (including phenoxy) is 2. The number of hydrogen-bond acceptors (Lipinski definition) is 2. The molecule has 4 atom stereocenters. The molecule has 0 N–H and O–H groups in total. The van der Waals surface area contributed by atoms with E-state index < -0.39 is 0 Å². The van der Waals surface area contributed by atoms with Gasteiger partial charge in [-0.3, -0.25) is 0 Å². The van der Waals surface area contributed by atoms with Gasteiger partial charge in [-0.05, 0) is 31.7 Å². The molecular weight excluding hydrogens is 248 g/mol. The molecule has 0 amide bonds. The van der Waals surface area contributed by atoms with E-state index in [2.05, 4.69) is 31.2 Å². The van der Waals surface area contributed by atoms with Gasteiger partial charge >= 0.3 is 0 Å². The van der Waals surface area contributed by atoms with Gasteiger partial charge in [-0.1, -0.05) is 42.7 Å². The molecule has 4 rings (SSSR count). The van der Waals surface area contributed by atoms with Gasteiger partial charge in [0.25, 0.3) is 0 Å². The van der Waals surface area contributed by atoms with Crippen LogP contribution in [0.5, 0.6) is 0 Å². The Hall–Kier alpha value is -0.860. The zero-order chi connectivity index (χ0) is 13.6. The number of rotatable bonds is 1. The third-order valence-electron chi connectivity index (χ3n) is 5.70. The van der Waals surface area contributed by atoms with E-state index in [1.54, 1.807) is 0 Å². The van der Waals surface area contributed by atoms with Crippen LogP contribution in [0.4, 0.5) is 0 Å². The zero-order valence-corrected chi connectivity index (χ0v) is 12.3. The maximum atomic E-state index is 6.35. The summed E-state index contributed by atoms with van der Waals surface area (Å²) in [5.74, 6) is 1.19. The second kappa shape index (κ2) is 4.85. The van der Waals surface area contributed by atoms with E-state index in [9.17, 15) is 0 Å². The van der Waals surface area contributed by atoms with Crippen LogP contribution in [-0.4, -0.2) is 18.8 Å². The van der Waals surface area contributed by atoms with Crippen molar-refractivity contribution in [1.29, 1.82) is 0 Å². The Morgan fingerprint density at radius 1 is 1.20 bits per heavy atom.